The molecule has 3 aromatic rings. The van der Waals surface area contributed by atoms with E-state index in [2.05, 4.69) is 5.32 Å². The highest BCUT2D eigenvalue weighted by Crippen LogP contribution is 2.26. The molecule has 0 aliphatic carbocycles. The second-order valence-electron chi connectivity index (χ2n) is 6.26. The van der Waals surface area contributed by atoms with Gasteiger partial charge in [0.25, 0.3) is 5.91 Å². The van der Waals surface area contributed by atoms with Crippen LogP contribution in [0.4, 0.5) is 4.39 Å². The molecule has 1 unspecified atom stereocenters. The van der Waals surface area contributed by atoms with Crippen molar-refractivity contribution in [2.45, 2.75) is 25.5 Å². The molecule has 0 saturated carbocycles. The summed E-state index contributed by atoms with van der Waals surface area (Å²) >= 11 is 1.60. The number of rotatable bonds is 5. The van der Waals surface area contributed by atoms with Gasteiger partial charge in [-0.25, -0.2) is 4.39 Å². The lowest BCUT2D eigenvalue weighted by molar-refractivity contribution is 0.0851. The lowest BCUT2D eigenvalue weighted by Crippen LogP contribution is -2.33. The molecule has 1 saturated heterocycles. The second-order valence-corrected chi connectivity index (χ2v) is 7.21. The zero-order chi connectivity index (χ0) is 17.2. The highest BCUT2D eigenvalue weighted by Gasteiger charge is 2.20. The molecule has 0 radical (unpaired) electrons. The fourth-order valence-corrected chi connectivity index (χ4v) is 4.08. The van der Waals surface area contributed by atoms with Crippen LogP contribution in [0, 0.1) is 5.82 Å². The number of nitrogens with zero attached hydrogens (tertiary/aromatic N) is 1. The minimum absolute atomic E-state index is 0.108. The van der Waals surface area contributed by atoms with Crippen LogP contribution in [-0.2, 0) is 11.3 Å². The number of ether oxygens (including phenoxy) is 1. The summed E-state index contributed by atoms with van der Waals surface area (Å²) in [6, 6.07) is 10.4. The first-order valence-electron chi connectivity index (χ1n) is 8.42. The minimum atomic E-state index is -0.268. The van der Waals surface area contributed by atoms with Crippen molar-refractivity contribution in [3.8, 4) is 0 Å². The topological polar surface area (TPSA) is 43.3 Å². The Morgan fingerprint density at radius 1 is 1.36 bits per heavy atom. The molecule has 1 aliphatic heterocycles. The monoisotopic (exact) mass is 358 g/mol. The van der Waals surface area contributed by atoms with Crippen molar-refractivity contribution in [2.24, 2.45) is 0 Å². The van der Waals surface area contributed by atoms with Crippen molar-refractivity contribution < 1.29 is 13.9 Å². The van der Waals surface area contributed by atoms with Crippen LogP contribution >= 0.6 is 11.3 Å². The summed E-state index contributed by atoms with van der Waals surface area (Å²) < 4.78 is 22.1. The third-order valence-corrected chi connectivity index (χ3v) is 5.35. The average Bonchev–Trinajstić information content (AvgIpc) is 3.31. The highest BCUT2D eigenvalue weighted by atomic mass is 32.1. The van der Waals surface area contributed by atoms with Gasteiger partial charge >= 0.3 is 0 Å². The van der Waals surface area contributed by atoms with E-state index in [-0.39, 0.29) is 17.8 Å². The van der Waals surface area contributed by atoms with Crippen LogP contribution in [0.3, 0.4) is 0 Å². The van der Waals surface area contributed by atoms with Crippen molar-refractivity contribution >= 4 is 27.5 Å². The number of nitrogens with one attached hydrogen (secondary N) is 1. The van der Waals surface area contributed by atoms with Gasteiger partial charge in [-0.1, -0.05) is 12.1 Å². The van der Waals surface area contributed by atoms with E-state index in [1.54, 1.807) is 17.4 Å². The number of aromatic nitrogens is 1. The molecule has 1 aromatic carbocycles. The molecule has 1 fully saturated rings. The number of thiophene rings is 1. The van der Waals surface area contributed by atoms with Crippen LogP contribution in [0.2, 0.25) is 0 Å². The van der Waals surface area contributed by atoms with Crippen LogP contribution in [0.15, 0.2) is 41.8 Å². The Bertz CT molecular complexity index is 896. The number of hydrogen-bond donors (Lipinski definition) is 1. The van der Waals surface area contributed by atoms with E-state index in [1.165, 1.54) is 12.1 Å². The summed E-state index contributed by atoms with van der Waals surface area (Å²) in [6.45, 7) is 1.75. The summed E-state index contributed by atoms with van der Waals surface area (Å²) in [5.74, 6) is -0.383. The smallest absolute Gasteiger partial charge is 0.268 e. The van der Waals surface area contributed by atoms with E-state index in [0.717, 1.165) is 35.2 Å². The molecular weight excluding hydrogens is 339 g/mol. The van der Waals surface area contributed by atoms with E-state index in [1.807, 2.05) is 28.1 Å². The molecular formula is C19H19FN2O2S. The molecule has 25 heavy (non-hydrogen) atoms. The van der Waals surface area contributed by atoms with Crippen molar-refractivity contribution in [3.05, 3.63) is 58.9 Å². The molecule has 1 N–H and O–H groups in total. The van der Waals surface area contributed by atoms with Gasteiger partial charge < -0.3 is 14.6 Å². The third kappa shape index (κ3) is 3.45. The largest absolute Gasteiger partial charge is 0.376 e. The molecule has 2 aromatic heterocycles. The molecule has 130 valence electrons. The molecule has 1 aliphatic rings. The number of halogens is 1. The number of benzene rings is 1. The summed E-state index contributed by atoms with van der Waals surface area (Å²) in [7, 11) is 0. The van der Waals surface area contributed by atoms with Crippen LogP contribution < -0.4 is 5.32 Å². The van der Waals surface area contributed by atoms with Gasteiger partial charge in [0.1, 0.15) is 11.5 Å². The molecule has 1 amide bonds. The minimum Gasteiger partial charge on any atom is -0.376 e. The van der Waals surface area contributed by atoms with E-state index in [9.17, 15) is 9.18 Å². The number of fused-ring (bicyclic) bond motifs is 1. The van der Waals surface area contributed by atoms with Crippen molar-refractivity contribution in [1.29, 1.82) is 0 Å². The van der Waals surface area contributed by atoms with Crippen LogP contribution in [-0.4, -0.2) is 29.7 Å². The predicted octanol–water partition coefficient (Wildman–Crippen LogP) is 3.80. The normalized spacial score (nSPS) is 17.2. The van der Waals surface area contributed by atoms with Crippen molar-refractivity contribution in [1.82, 2.24) is 9.88 Å². The zero-order valence-electron chi connectivity index (χ0n) is 13.7. The van der Waals surface area contributed by atoms with Gasteiger partial charge in [0.05, 0.1) is 16.3 Å². The fraction of sp³-hybridized carbons (Fsp3) is 0.316. The Morgan fingerprint density at radius 2 is 2.28 bits per heavy atom. The lowest BCUT2D eigenvalue weighted by Gasteiger charge is -2.13. The Labute approximate surface area is 149 Å². The fourth-order valence-electron chi connectivity index (χ4n) is 3.26. The number of carbonyl (C=O) groups excluding carboxylic acids is 1. The maximum absolute atomic E-state index is 13.5. The third-order valence-electron chi connectivity index (χ3n) is 4.50. The Hall–Kier alpha value is -2.18. The van der Waals surface area contributed by atoms with Gasteiger partial charge in [-0.3, -0.25) is 4.79 Å². The summed E-state index contributed by atoms with van der Waals surface area (Å²) in [6.07, 6.45) is 2.14. The second kappa shape index (κ2) is 6.98. The molecule has 1 atom stereocenters. The maximum Gasteiger partial charge on any atom is 0.268 e. The Kier molecular flexibility index (Phi) is 4.55. The quantitative estimate of drug-likeness (QED) is 0.754. The molecule has 0 bridgehead atoms. The van der Waals surface area contributed by atoms with Crippen LogP contribution in [0.5, 0.6) is 0 Å². The summed E-state index contributed by atoms with van der Waals surface area (Å²) in [4.78, 5) is 12.7. The SMILES string of the molecule is O=C(NCC1CCCO1)c1cc2sccc2n1Cc1cccc(F)c1. The first-order valence-corrected chi connectivity index (χ1v) is 9.29. The standard InChI is InChI=1S/C19H19FN2O2S/c20-14-4-1-3-13(9-14)12-22-16-6-8-25-18(16)10-17(22)19(23)21-11-15-5-2-7-24-15/h1,3-4,6,8-10,15H,2,5,7,11-12H2,(H,21,23). The first kappa shape index (κ1) is 16.3. The predicted molar refractivity (Wildman–Crippen MR) is 96.6 cm³/mol. The van der Waals surface area contributed by atoms with Gasteiger partial charge in [-0.2, -0.15) is 0 Å². The Balaban J connectivity index is 1.59. The first-order chi connectivity index (χ1) is 12.2. The number of amides is 1. The summed E-state index contributed by atoms with van der Waals surface area (Å²) in [5.41, 5.74) is 2.43. The van der Waals surface area contributed by atoms with Gasteiger partial charge in [0.2, 0.25) is 0 Å². The van der Waals surface area contributed by atoms with Crippen molar-refractivity contribution in [2.75, 3.05) is 13.2 Å². The Morgan fingerprint density at radius 3 is 3.08 bits per heavy atom. The molecule has 4 rings (SSSR count). The van der Waals surface area contributed by atoms with Gasteiger partial charge in [0.15, 0.2) is 0 Å². The maximum atomic E-state index is 13.5. The summed E-state index contributed by atoms with van der Waals surface area (Å²) in [5, 5.41) is 4.98. The van der Waals surface area contributed by atoms with E-state index < -0.39 is 0 Å². The molecule has 4 nitrogen and oxygen atoms in total. The number of carbonyl (C=O) groups is 1. The van der Waals surface area contributed by atoms with E-state index >= 15 is 0 Å². The van der Waals surface area contributed by atoms with Gasteiger partial charge in [-0.15, -0.1) is 11.3 Å². The average molecular weight is 358 g/mol. The molecule has 3 heterocycles. The van der Waals surface area contributed by atoms with Crippen LogP contribution in [0.25, 0.3) is 10.2 Å². The van der Waals surface area contributed by atoms with Gasteiger partial charge in [0, 0.05) is 19.7 Å². The lowest BCUT2D eigenvalue weighted by atomic mass is 10.2. The molecule has 0 spiro atoms. The van der Waals surface area contributed by atoms with E-state index in [0.29, 0.717) is 18.8 Å². The van der Waals surface area contributed by atoms with Crippen LogP contribution in [0.1, 0.15) is 28.9 Å². The van der Waals surface area contributed by atoms with E-state index in [4.69, 9.17) is 4.74 Å². The highest BCUT2D eigenvalue weighted by molar-refractivity contribution is 7.17. The number of hydrogen-bond acceptors (Lipinski definition) is 3. The van der Waals surface area contributed by atoms with Gasteiger partial charge in [-0.05, 0) is 48.1 Å². The van der Waals surface area contributed by atoms with Crippen molar-refractivity contribution in [3.63, 3.8) is 0 Å². The zero-order valence-corrected chi connectivity index (χ0v) is 14.5. The molecule has 6 heteroatoms.